The van der Waals surface area contributed by atoms with Gasteiger partial charge in [0.15, 0.2) is 0 Å². The first-order valence-corrected chi connectivity index (χ1v) is 10.4. The fraction of sp³-hybridized carbons (Fsp3) is 0.240. The van der Waals surface area contributed by atoms with Crippen molar-refractivity contribution in [3.8, 4) is 6.07 Å². The Labute approximate surface area is 188 Å². The van der Waals surface area contributed by atoms with Crippen molar-refractivity contribution in [2.75, 3.05) is 39.0 Å². The summed E-state index contributed by atoms with van der Waals surface area (Å²) in [6, 6.07) is 22.0. The van der Waals surface area contributed by atoms with Gasteiger partial charge in [-0.1, -0.05) is 42.5 Å². The first-order valence-electron chi connectivity index (χ1n) is 10.4. The predicted octanol–water partition coefficient (Wildman–Crippen LogP) is 2.69. The van der Waals surface area contributed by atoms with Crippen LogP contribution in [0.15, 0.2) is 73.1 Å². The number of carbonyl (C=O) groups excluding carboxylic acids is 1. The number of rotatable bonds is 4. The van der Waals surface area contributed by atoms with Crippen molar-refractivity contribution < 1.29 is 9.90 Å². The Morgan fingerprint density at radius 1 is 1.00 bits per heavy atom. The smallest absolute Gasteiger partial charge is 0.255 e. The molecule has 4 rings (SSSR count). The summed E-state index contributed by atoms with van der Waals surface area (Å²) in [5.74, 6) is -0.0443. The normalized spacial score (nSPS) is 14.6. The number of hydrogen-bond donors (Lipinski definition) is 2. The lowest BCUT2D eigenvalue weighted by Gasteiger charge is -2.39. The number of hydrogen-bond acceptors (Lipinski definition) is 6. The molecular formula is C25H27N5O2. The van der Waals surface area contributed by atoms with Crippen LogP contribution in [0.5, 0.6) is 0 Å². The summed E-state index contributed by atoms with van der Waals surface area (Å²) in [7, 11) is 1.00. The molecule has 0 spiro atoms. The minimum Gasteiger partial charge on any atom is -0.400 e. The van der Waals surface area contributed by atoms with Crippen LogP contribution in [0.1, 0.15) is 33.1 Å². The average molecular weight is 430 g/mol. The Bertz CT molecular complexity index is 1070. The summed E-state index contributed by atoms with van der Waals surface area (Å²) in [5.41, 5.74) is 9.69. The number of nitrogens with zero attached hydrogens (tertiary/aromatic N) is 4. The molecule has 1 atom stereocenters. The number of pyridine rings is 1. The number of aliphatic hydroxyl groups excluding tert-OH is 1. The van der Waals surface area contributed by atoms with Crippen molar-refractivity contribution in [2.24, 2.45) is 0 Å². The molecule has 7 heteroatoms. The summed E-state index contributed by atoms with van der Waals surface area (Å²) in [6.45, 7) is 2.71. The monoisotopic (exact) mass is 429 g/mol. The molecule has 1 aromatic heterocycles. The van der Waals surface area contributed by atoms with E-state index >= 15 is 0 Å². The van der Waals surface area contributed by atoms with Crippen LogP contribution in [0.25, 0.3) is 0 Å². The number of nitrogens with two attached hydrogens (primary N) is 1. The van der Waals surface area contributed by atoms with Crippen molar-refractivity contribution in [3.63, 3.8) is 0 Å². The van der Waals surface area contributed by atoms with Gasteiger partial charge in [0.25, 0.3) is 5.91 Å². The van der Waals surface area contributed by atoms with E-state index in [9.17, 15) is 10.1 Å². The number of nitrogen functional groups attached to an aromatic ring is 1. The van der Waals surface area contributed by atoms with Gasteiger partial charge in [0.2, 0.25) is 0 Å². The molecule has 0 saturated carbocycles. The summed E-state index contributed by atoms with van der Waals surface area (Å²) in [6.07, 6.45) is 3.10. The molecular weight excluding hydrogens is 402 g/mol. The molecule has 0 aliphatic carbocycles. The third-order valence-electron chi connectivity index (χ3n) is 5.42. The Hall–Kier alpha value is -3.73. The molecule has 3 aromatic rings. The lowest BCUT2D eigenvalue weighted by atomic mass is 9.95. The van der Waals surface area contributed by atoms with Crippen LogP contribution in [0.4, 0.5) is 5.69 Å². The molecule has 0 unspecified atom stereocenters. The van der Waals surface area contributed by atoms with E-state index < -0.39 is 0 Å². The van der Waals surface area contributed by atoms with Gasteiger partial charge in [-0.05, 0) is 29.3 Å². The number of aliphatic hydroxyl groups is 1. The molecule has 0 bridgehead atoms. The maximum absolute atomic E-state index is 12.8. The van der Waals surface area contributed by atoms with Crippen LogP contribution in [-0.2, 0) is 0 Å². The predicted molar refractivity (Wildman–Crippen MR) is 124 cm³/mol. The Morgan fingerprint density at radius 3 is 2.34 bits per heavy atom. The largest absolute Gasteiger partial charge is 0.400 e. The van der Waals surface area contributed by atoms with Crippen LogP contribution in [0, 0.1) is 11.3 Å². The maximum atomic E-state index is 12.8. The third kappa shape index (κ3) is 5.30. The zero-order valence-corrected chi connectivity index (χ0v) is 18.1. The number of benzene rings is 2. The molecule has 1 aliphatic rings. The first kappa shape index (κ1) is 22.9. The van der Waals surface area contributed by atoms with Gasteiger partial charge in [-0.3, -0.25) is 14.7 Å². The lowest BCUT2D eigenvalue weighted by molar-refractivity contribution is 0.0597. The first-order chi connectivity index (χ1) is 15.7. The molecule has 32 heavy (non-hydrogen) atoms. The standard InChI is InChI=1S/C24H23N5O.CH4O/c25-15-18-5-4-8-20(13-18)23(19-6-2-1-3-7-19)28-9-11-29(12-10-28)24(30)21-14-22(26)17-27-16-21;1-2/h1-8,13-14,16-17,23H,9-12,26H2;2H,1H3/t23-;/m0./s1. The summed E-state index contributed by atoms with van der Waals surface area (Å²) >= 11 is 0. The quantitative estimate of drug-likeness (QED) is 0.660. The molecule has 164 valence electrons. The van der Waals surface area contributed by atoms with Gasteiger partial charge in [0.1, 0.15) is 0 Å². The van der Waals surface area contributed by atoms with Crippen LogP contribution >= 0.6 is 0 Å². The second-order valence-electron chi connectivity index (χ2n) is 7.39. The molecule has 1 aliphatic heterocycles. The molecule has 3 N–H and O–H groups in total. The lowest BCUT2D eigenvalue weighted by Crippen LogP contribution is -2.49. The number of anilines is 1. The maximum Gasteiger partial charge on any atom is 0.255 e. The molecule has 0 radical (unpaired) electrons. The fourth-order valence-electron chi connectivity index (χ4n) is 3.97. The van der Waals surface area contributed by atoms with Crippen molar-refractivity contribution >= 4 is 11.6 Å². The summed E-state index contributed by atoms with van der Waals surface area (Å²) in [4.78, 5) is 21.1. The van der Waals surface area contributed by atoms with Crippen LogP contribution in [-0.4, -0.2) is 59.1 Å². The van der Waals surface area contributed by atoms with E-state index in [0.29, 0.717) is 29.9 Å². The number of carbonyl (C=O) groups is 1. The number of aromatic nitrogens is 1. The van der Waals surface area contributed by atoms with Crippen LogP contribution in [0.2, 0.25) is 0 Å². The van der Waals surface area contributed by atoms with Crippen molar-refractivity contribution in [1.29, 1.82) is 5.26 Å². The minimum absolute atomic E-state index is 0.0331. The highest BCUT2D eigenvalue weighted by Gasteiger charge is 2.28. The second-order valence-corrected chi connectivity index (χ2v) is 7.39. The van der Waals surface area contributed by atoms with Gasteiger partial charge < -0.3 is 15.7 Å². The molecule has 2 heterocycles. The van der Waals surface area contributed by atoms with E-state index in [0.717, 1.165) is 25.8 Å². The zero-order chi connectivity index (χ0) is 22.9. The van der Waals surface area contributed by atoms with E-state index in [1.807, 2.05) is 41.3 Å². The Kier molecular flexibility index (Phi) is 7.92. The Morgan fingerprint density at radius 2 is 1.69 bits per heavy atom. The molecule has 1 amide bonds. The van der Waals surface area contributed by atoms with Gasteiger partial charge in [-0.25, -0.2) is 0 Å². The topological polar surface area (TPSA) is 106 Å². The fourth-order valence-corrected chi connectivity index (χ4v) is 3.97. The third-order valence-corrected chi connectivity index (χ3v) is 5.42. The van der Waals surface area contributed by atoms with Gasteiger partial charge >= 0.3 is 0 Å². The van der Waals surface area contributed by atoms with Gasteiger partial charge in [-0.2, -0.15) is 5.26 Å². The summed E-state index contributed by atoms with van der Waals surface area (Å²) < 4.78 is 0. The molecule has 1 saturated heterocycles. The van der Waals surface area contributed by atoms with E-state index in [4.69, 9.17) is 10.8 Å². The highest BCUT2D eigenvalue weighted by molar-refractivity contribution is 5.94. The average Bonchev–Trinajstić information content (AvgIpc) is 2.86. The van der Waals surface area contributed by atoms with Gasteiger partial charge in [0.05, 0.1) is 28.9 Å². The van der Waals surface area contributed by atoms with Crippen molar-refractivity contribution in [3.05, 3.63) is 95.3 Å². The minimum atomic E-state index is -0.0443. The second kappa shape index (κ2) is 11.0. The highest BCUT2D eigenvalue weighted by atomic mass is 16.2. The molecule has 1 fully saturated rings. The number of piperazine rings is 1. The molecule has 7 nitrogen and oxygen atoms in total. The van der Waals surface area contributed by atoms with E-state index in [1.54, 1.807) is 12.3 Å². The van der Waals surface area contributed by atoms with E-state index in [1.165, 1.54) is 11.8 Å². The SMILES string of the molecule is CO.N#Cc1cccc([C@H](c2ccccc2)N2CCN(C(=O)c3cncc(N)c3)CC2)c1. The number of amides is 1. The number of nitriles is 1. The van der Waals surface area contributed by atoms with Crippen molar-refractivity contribution in [1.82, 2.24) is 14.8 Å². The van der Waals surface area contributed by atoms with E-state index in [-0.39, 0.29) is 11.9 Å². The van der Waals surface area contributed by atoms with Gasteiger partial charge in [-0.15, -0.1) is 0 Å². The van der Waals surface area contributed by atoms with E-state index in [2.05, 4.69) is 34.2 Å². The molecule has 2 aromatic carbocycles. The van der Waals surface area contributed by atoms with Crippen molar-refractivity contribution in [2.45, 2.75) is 6.04 Å². The zero-order valence-electron chi connectivity index (χ0n) is 18.1. The van der Waals surface area contributed by atoms with Gasteiger partial charge in [0, 0.05) is 45.7 Å². The highest BCUT2D eigenvalue weighted by Crippen LogP contribution is 2.30. The Balaban J connectivity index is 0.00000141. The summed E-state index contributed by atoms with van der Waals surface area (Å²) in [5, 5.41) is 16.3. The van der Waals surface area contributed by atoms with Crippen LogP contribution in [0.3, 0.4) is 0 Å². The van der Waals surface area contributed by atoms with Crippen LogP contribution < -0.4 is 5.73 Å².